The average Bonchev–Trinajstić information content (AvgIpc) is 3.42. The van der Waals surface area contributed by atoms with Crippen LogP contribution in [0.2, 0.25) is 5.02 Å². The van der Waals surface area contributed by atoms with E-state index in [0.29, 0.717) is 27.4 Å². The summed E-state index contributed by atoms with van der Waals surface area (Å²) in [5.74, 6) is -2.12. The predicted octanol–water partition coefficient (Wildman–Crippen LogP) is 4.15. The van der Waals surface area contributed by atoms with Gasteiger partial charge < -0.3 is 5.32 Å². The van der Waals surface area contributed by atoms with Crippen molar-refractivity contribution in [3.8, 4) is 0 Å². The molecule has 3 fully saturated rings. The van der Waals surface area contributed by atoms with Crippen molar-refractivity contribution >= 4 is 56.6 Å². The molecule has 1 spiro atoms. The standard InChI is InChI=1S/C24H21BrClN3O3/c1-11-5-6-16(15(25)8-11)29-21(30)18-17-4-3-7-28(17)24(19(18)22(29)31)14-10-13(26)9-12(2)20(14)27-23(24)32/h5-6,8-10,17-19H,3-4,7H2,1-2H3,(H,27,32)/t17-,18+,19-,24+/m0/s1. The number of halogens is 2. The minimum atomic E-state index is -1.21. The van der Waals surface area contributed by atoms with E-state index in [0.717, 1.165) is 29.5 Å². The van der Waals surface area contributed by atoms with Crippen molar-refractivity contribution in [3.05, 3.63) is 56.5 Å². The highest BCUT2D eigenvalue weighted by molar-refractivity contribution is 9.10. The molecule has 3 amide bonds. The van der Waals surface area contributed by atoms with Gasteiger partial charge >= 0.3 is 0 Å². The SMILES string of the molecule is Cc1ccc(N2C(=O)[C@H]3[C@@H](C2=O)[C@]2(C(=O)Nc4c(C)cc(Cl)cc42)N2CCC[C@@H]32)c(Br)c1. The van der Waals surface area contributed by atoms with E-state index in [1.807, 2.05) is 32.0 Å². The minimum Gasteiger partial charge on any atom is -0.324 e. The Morgan fingerprint density at radius 2 is 1.91 bits per heavy atom. The molecule has 2 aromatic carbocycles. The number of rotatable bonds is 1. The molecule has 4 aliphatic heterocycles. The zero-order valence-corrected chi connectivity index (χ0v) is 20.0. The summed E-state index contributed by atoms with van der Waals surface area (Å²) in [5.41, 5.74) is 2.62. The number of anilines is 2. The van der Waals surface area contributed by atoms with E-state index in [9.17, 15) is 14.4 Å². The van der Waals surface area contributed by atoms with Gasteiger partial charge in [0.25, 0.3) is 0 Å². The summed E-state index contributed by atoms with van der Waals surface area (Å²) in [6, 6.07) is 9.02. The number of hydrogen-bond acceptors (Lipinski definition) is 4. The highest BCUT2D eigenvalue weighted by atomic mass is 79.9. The van der Waals surface area contributed by atoms with Crippen LogP contribution < -0.4 is 10.2 Å². The summed E-state index contributed by atoms with van der Waals surface area (Å²) in [6.07, 6.45) is 1.67. The maximum atomic E-state index is 14.0. The van der Waals surface area contributed by atoms with Crippen LogP contribution in [0.4, 0.5) is 11.4 Å². The number of carbonyl (C=O) groups excluding carboxylic acids is 3. The Balaban J connectivity index is 1.58. The van der Waals surface area contributed by atoms with E-state index in [4.69, 9.17) is 11.6 Å². The molecule has 0 aliphatic carbocycles. The third-order valence-electron chi connectivity index (χ3n) is 7.61. The number of nitrogens with zero attached hydrogens (tertiary/aromatic N) is 2. The highest BCUT2D eigenvalue weighted by Crippen LogP contribution is 2.61. The largest absolute Gasteiger partial charge is 0.324 e. The fourth-order valence-electron chi connectivity index (χ4n) is 6.47. The molecule has 0 aromatic heterocycles. The molecule has 4 heterocycles. The smallest absolute Gasteiger partial charge is 0.250 e. The quantitative estimate of drug-likeness (QED) is 0.581. The van der Waals surface area contributed by atoms with Crippen LogP contribution in [0.3, 0.4) is 0 Å². The van der Waals surface area contributed by atoms with Crippen LogP contribution in [0.1, 0.15) is 29.5 Å². The third-order valence-corrected chi connectivity index (χ3v) is 8.46. The Bertz CT molecular complexity index is 1250. The van der Waals surface area contributed by atoms with E-state index >= 15 is 0 Å². The topological polar surface area (TPSA) is 69.7 Å². The molecule has 2 aromatic rings. The number of aryl methyl sites for hydroxylation is 2. The van der Waals surface area contributed by atoms with Crippen LogP contribution in [-0.4, -0.2) is 35.2 Å². The average molecular weight is 515 g/mol. The van der Waals surface area contributed by atoms with Gasteiger partial charge in [0.15, 0.2) is 0 Å². The molecular formula is C24H21BrClN3O3. The van der Waals surface area contributed by atoms with Gasteiger partial charge in [0.1, 0.15) is 5.54 Å². The second-order valence-electron chi connectivity index (χ2n) is 9.24. The summed E-state index contributed by atoms with van der Waals surface area (Å²) < 4.78 is 0.687. The highest BCUT2D eigenvalue weighted by Gasteiger charge is 2.74. The van der Waals surface area contributed by atoms with Crippen LogP contribution in [0, 0.1) is 25.7 Å². The third kappa shape index (κ3) is 2.31. The number of benzene rings is 2. The van der Waals surface area contributed by atoms with Crippen LogP contribution in [0.25, 0.3) is 0 Å². The lowest BCUT2D eigenvalue weighted by atomic mass is 9.75. The van der Waals surface area contributed by atoms with Gasteiger partial charge in [-0.25, -0.2) is 4.90 Å². The number of nitrogens with one attached hydrogen (secondary N) is 1. The lowest BCUT2D eigenvalue weighted by molar-refractivity contribution is -0.135. The number of imide groups is 1. The Kier molecular flexibility index (Phi) is 4.24. The van der Waals surface area contributed by atoms with E-state index in [-0.39, 0.29) is 23.8 Å². The van der Waals surface area contributed by atoms with Gasteiger partial charge in [-0.15, -0.1) is 0 Å². The van der Waals surface area contributed by atoms with Gasteiger partial charge in [-0.3, -0.25) is 19.3 Å². The van der Waals surface area contributed by atoms with Crippen molar-refractivity contribution in [1.29, 1.82) is 0 Å². The van der Waals surface area contributed by atoms with Crippen LogP contribution >= 0.6 is 27.5 Å². The molecule has 0 saturated carbocycles. The summed E-state index contributed by atoms with van der Waals surface area (Å²) in [7, 11) is 0. The van der Waals surface area contributed by atoms with Gasteiger partial charge in [0.2, 0.25) is 17.7 Å². The molecule has 4 atom stereocenters. The maximum Gasteiger partial charge on any atom is 0.250 e. The first kappa shape index (κ1) is 20.4. The Morgan fingerprint density at radius 3 is 2.66 bits per heavy atom. The van der Waals surface area contributed by atoms with Crippen molar-refractivity contribution in [2.75, 3.05) is 16.8 Å². The normalized spacial score (nSPS) is 30.8. The first-order chi connectivity index (χ1) is 15.3. The number of amides is 3. The van der Waals surface area contributed by atoms with E-state index in [1.165, 1.54) is 4.90 Å². The zero-order valence-electron chi connectivity index (χ0n) is 17.6. The van der Waals surface area contributed by atoms with Gasteiger partial charge in [-0.05, 0) is 84.6 Å². The summed E-state index contributed by atoms with van der Waals surface area (Å²) in [5, 5.41) is 3.55. The maximum absolute atomic E-state index is 14.0. The second kappa shape index (κ2) is 6.65. The van der Waals surface area contributed by atoms with Crippen molar-refractivity contribution in [2.24, 2.45) is 11.8 Å². The van der Waals surface area contributed by atoms with Crippen LogP contribution in [0.15, 0.2) is 34.8 Å². The molecule has 4 aliphatic rings. The minimum absolute atomic E-state index is 0.151. The molecular weight excluding hydrogens is 494 g/mol. The first-order valence-electron chi connectivity index (χ1n) is 10.8. The molecule has 0 radical (unpaired) electrons. The number of fused-ring (bicyclic) bond motifs is 7. The predicted molar refractivity (Wildman–Crippen MR) is 125 cm³/mol. The molecule has 6 nitrogen and oxygen atoms in total. The van der Waals surface area contributed by atoms with E-state index in [2.05, 4.69) is 26.1 Å². The number of hydrogen-bond donors (Lipinski definition) is 1. The molecule has 164 valence electrons. The molecule has 8 heteroatoms. The second-order valence-corrected chi connectivity index (χ2v) is 10.5. The van der Waals surface area contributed by atoms with Gasteiger partial charge in [0, 0.05) is 26.8 Å². The molecule has 1 N–H and O–H groups in total. The van der Waals surface area contributed by atoms with Crippen molar-refractivity contribution in [1.82, 2.24) is 4.90 Å². The molecule has 0 unspecified atom stereocenters. The summed E-state index contributed by atoms with van der Waals surface area (Å²) in [4.78, 5) is 44.9. The fourth-order valence-corrected chi connectivity index (χ4v) is 7.41. The summed E-state index contributed by atoms with van der Waals surface area (Å²) in [6.45, 7) is 4.52. The van der Waals surface area contributed by atoms with Crippen LogP contribution in [0.5, 0.6) is 0 Å². The van der Waals surface area contributed by atoms with Crippen molar-refractivity contribution in [3.63, 3.8) is 0 Å². The zero-order chi connectivity index (χ0) is 22.5. The van der Waals surface area contributed by atoms with Crippen molar-refractivity contribution < 1.29 is 14.4 Å². The summed E-state index contributed by atoms with van der Waals surface area (Å²) >= 11 is 9.95. The Morgan fingerprint density at radius 1 is 1.12 bits per heavy atom. The Hall–Kier alpha value is -2.22. The first-order valence-corrected chi connectivity index (χ1v) is 12.0. The lowest BCUT2D eigenvalue weighted by Gasteiger charge is -2.36. The molecule has 0 bridgehead atoms. The molecule has 32 heavy (non-hydrogen) atoms. The van der Waals surface area contributed by atoms with Crippen molar-refractivity contribution in [2.45, 2.75) is 38.3 Å². The Labute approximate surface area is 199 Å². The van der Waals surface area contributed by atoms with E-state index in [1.54, 1.807) is 12.1 Å². The van der Waals surface area contributed by atoms with Gasteiger partial charge in [-0.1, -0.05) is 17.7 Å². The molecule has 6 rings (SSSR count). The van der Waals surface area contributed by atoms with Gasteiger partial charge in [-0.2, -0.15) is 0 Å². The lowest BCUT2D eigenvalue weighted by Crippen LogP contribution is -2.54. The molecule has 3 saturated heterocycles. The number of carbonyl (C=O) groups is 3. The van der Waals surface area contributed by atoms with E-state index < -0.39 is 17.4 Å². The fraction of sp³-hybridized carbons (Fsp3) is 0.375. The monoisotopic (exact) mass is 513 g/mol. The van der Waals surface area contributed by atoms with Crippen LogP contribution in [-0.2, 0) is 19.9 Å². The van der Waals surface area contributed by atoms with Gasteiger partial charge in [0.05, 0.1) is 17.5 Å².